The quantitative estimate of drug-likeness (QED) is 0.586. The SMILES string of the molecule is CCC1(C)C(=O)NCCN1C(N)=O. The van der Waals surface area contributed by atoms with Crippen LogP contribution in [0.5, 0.6) is 0 Å². The zero-order chi connectivity index (χ0) is 10.1. The largest absolute Gasteiger partial charge is 0.352 e. The second-order valence-corrected chi connectivity index (χ2v) is 3.37. The molecule has 0 aliphatic carbocycles. The Morgan fingerprint density at radius 3 is 2.77 bits per heavy atom. The minimum absolute atomic E-state index is 0.125. The monoisotopic (exact) mass is 185 g/mol. The summed E-state index contributed by atoms with van der Waals surface area (Å²) in [5.74, 6) is -0.125. The second-order valence-electron chi connectivity index (χ2n) is 3.37. The van der Waals surface area contributed by atoms with Gasteiger partial charge in [-0.05, 0) is 13.3 Å². The molecule has 0 saturated carbocycles. The van der Waals surface area contributed by atoms with Crippen molar-refractivity contribution in [1.82, 2.24) is 10.2 Å². The topological polar surface area (TPSA) is 75.4 Å². The van der Waals surface area contributed by atoms with Crippen LogP contribution in [-0.2, 0) is 4.79 Å². The highest BCUT2D eigenvalue weighted by molar-refractivity contribution is 5.91. The number of carbonyl (C=O) groups excluding carboxylic acids is 2. The van der Waals surface area contributed by atoms with E-state index in [1.54, 1.807) is 6.92 Å². The fraction of sp³-hybridized carbons (Fsp3) is 0.750. The number of hydrogen-bond acceptors (Lipinski definition) is 2. The number of nitrogens with zero attached hydrogens (tertiary/aromatic N) is 1. The van der Waals surface area contributed by atoms with Gasteiger partial charge in [-0.15, -0.1) is 0 Å². The summed E-state index contributed by atoms with van der Waals surface area (Å²) >= 11 is 0. The van der Waals surface area contributed by atoms with E-state index in [1.165, 1.54) is 4.90 Å². The van der Waals surface area contributed by atoms with Gasteiger partial charge in [0.15, 0.2) is 0 Å². The lowest BCUT2D eigenvalue weighted by Crippen LogP contribution is -2.65. The minimum atomic E-state index is -0.774. The van der Waals surface area contributed by atoms with Gasteiger partial charge in [-0.3, -0.25) is 4.79 Å². The molecule has 0 radical (unpaired) electrons. The minimum Gasteiger partial charge on any atom is -0.352 e. The van der Waals surface area contributed by atoms with E-state index in [-0.39, 0.29) is 5.91 Å². The van der Waals surface area contributed by atoms with Gasteiger partial charge in [0.2, 0.25) is 5.91 Å². The Kier molecular flexibility index (Phi) is 2.45. The van der Waals surface area contributed by atoms with E-state index in [1.807, 2.05) is 6.92 Å². The third-order valence-electron chi connectivity index (χ3n) is 2.66. The van der Waals surface area contributed by atoms with Crippen molar-refractivity contribution in [1.29, 1.82) is 0 Å². The van der Waals surface area contributed by atoms with E-state index in [0.717, 1.165) is 0 Å². The Labute approximate surface area is 77.3 Å². The molecule has 3 N–H and O–H groups in total. The summed E-state index contributed by atoms with van der Waals surface area (Å²) in [5.41, 5.74) is 4.41. The highest BCUT2D eigenvalue weighted by Crippen LogP contribution is 2.21. The van der Waals surface area contributed by atoms with Crippen molar-refractivity contribution in [3.8, 4) is 0 Å². The molecule has 1 fully saturated rings. The van der Waals surface area contributed by atoms with Gasteiger partial charge in [0.1, 0.15) is 5.54 Å². The molecule has 13 heavy (non-hydrogen) atoms. The molecule has 74 valence electrons. The molecule has 1 atom stereocenters. The van der Waals surface area contributed by atoms with Crippen LogP contribution < -0.4 is 11.1 Å². The number of rotatable bonds is 1. The molecular formula is C8H15N3O2. The number of urea groups is 1. The molecule has 0 aromatic carbocycles. The van der Waals surface area contributed by atoms with Crippen LogP contribution in [0.1, 0.15) is 20.3 Å². The highest BCUT2D eigenvalue weighted by Gasteiger charge is 2.42. The third-order valence-corrected chi connectivity index (χ3v) is 2.66. The van der Waals surface area contributed by atoms with Crippen LogP contribution in [0.15, 0.2) is 0 Å². The standard InChI is InChI=1S/C8H15N3O2/c1-3-8(2)6(12)10-4-5-11(8)7(9)13/h3-5H2,1-2H3,(H2,9,13)(H,10,12). The summed E-state index contributed by atoms with van der Waals surface area (Å²) in [5, 5.41) is 2.72. The van der Waals surface area contributed by atoms with E-state index in [4.69, 9.17) is 5.73 Å². The Morgan fingerprint density at radius 1 is 1.77 bits per heavy atom. The third kappa shape index (κ3) is 1.46. The number of carbonyl (C=O) groups is 2. The van der Waals surface area contributed by atoms with Crippen LogP contribution in [0, 0.1) is 0 Å². The maximum atomic E-state index is 11.5. The van der Waals surface area contributed by atoms with Gasteiger partial charge in [-0.1, -0.05) is 6.92 Å². The fourth-order valence-electron chi connectivity index (χ4n) is 1.55. The first-order chi connectivity index (χ1) is 6.02. The summed E-state index contributed by atoms with van der Waals surface area (Å²) in [7, 11) is 0. The van der Waals surface area contributed by atoms with Crippen LogP contribution >= 0.6 is 0 Å². The van der Waals surface area contributed by atoms with Crippen LogP contribution in [0.25, 0.3) is 0 Å². The first kappa shape index (κ1) is 9.83. The molecule has 0 aromatic heterocycles. The molecule has 1 saturated heterocycles. The first-order valence-corrected chi connectivity index (χ1v) is 4.37. The lowest BCUT2D eigenvalue weighted by Gasteiger charge is -2.41. The molecule has 1 aliphatic rings. The molecule has 0 spiro atoms. The van der Waals surface area contributed by atoms with Crippen molar-refractivity contribution < 1.29 is 9.59 Å². The summed E-state index contributed by atoms with van der Waals surface area (Å²) in [6.07, 6.45) is 0.571. The number of amides is 3. The van der Waals surface area contributed by atoms with E-state index in [0.29, 0.717) is 19.5 Å². The van der Waals surface area contributed by atoms with Gasteiger partial charge < -0.3 is 16.0 Å². The van der Waals surface area contributed by atoms with E-state index >= 15 is 0 Å². The fourth-order valence-corrected chi connectivity index (χ4v) is 1.55. The van der Waals surface area contributed by atoms with Gasteiger partial charge in [0.25, 0.3) is 0 Å². The molecule has 1 rings (SSSR count). The number of hydrogen-bond donors (Lipinski definition) is 2. The Balaban J connectivity index is 2.93. The van der Waals surface area contributed by atoms with Crippen LogP contribution in [0.3, 0.4) is 0 Å². The van der Waals surface area contributed by atoms with Gasteiger partial charge in [-0.2, -0.15) is 0 Å². The Morgan fingerprint density at radius 2 is 2.38 bits per heavy atom. The van der Waals surface area contributed by atoms with Crippen molar-refractivity contribution in [2.75, 3.05) is 13.1 Å². The summed E-state index contributed by atoms with van der Waals surface area (Å²) in [6, 6.07) is -0.529. The maximum absolute atomic E-state index is 11.5. The van der Waals surface area contributed by atoms with Crippen LogP contribution in [-0.4, -0.2) is 35.5 Å². The number of nitrogens with two attached hydrogens (primary N) is 1. The number of piperazine rings is 1. The summed E-state index contributed by atoms with van der Waals surface area (Å²) in [6.45, 7) is 4.57. The van der Waals surface area contributed by atoms with E-state index < -0.39 is 11.6 Å². The van der Waals surface area contributed by atoms with Gasteiger partial charge in [-0.25, -0.2) is 4.79 Å². The summed E-state index contributed by atoms with van der Waals surface area (Å²) in [4.78, 5) is 24.0. The van der Waals surface area contributed by atoms with Gasteiger partial charge in [0, 0.05) is 13.1 Å². The predicted molar refractivity (Wildman–Crippen MR) is 48.0 cm³/mol. The molecule has 0 bridgehead atoms. The maximum Gasteiger partial charge on any atom is 0.315 e. The molecule has 1 unspecified atom stereocenters. The van der Waals surface area contributed by atoms with Crippen molar-refractivity contribution >= 4 is 11.9 Å². The normalized spacial score (nSPS) is 28.5. The number of primary amides is 1. The van der Waals surface area contributed by atoms with Crippen molar-refractivity contribution in [3.63, 3.8) is 0 Å². The molecule has 1 heterocycles. The van der Waals surface area contributed by atoms with Gasteiger partial charge in [0.05, 0.1) is 0 Å². The van der Waals surface area contributed by atoms with Crippen molar-refractivity contribution in [2.24, 2.45) is 5.73 Å². The zero-order valence-corrected chi connectivity index (χ0v) is 7.96. The van der Waals surface area contributed by atoms with Crippen LogP contribution in [0.4, 0.5) is 4.79 Å². The molecule has 1 aliphatic heterocycles. The molecular weight excluding hydrogens is 170 g/mol. The van der Waals surface area contributed by atoms with E-state index in [2.05, 4.69) is 5.32 Å². The zero-order valence-electron chi connectivity index (χ0n) is 7.96. The smallest absolute Gasteiger partial charge is 0.315 e. The second kappa shape index (κ2) is 3.24. The molecule has 5 heteroatoms. The first-order valence-electron chi connectivity index (χ1n) is 4.37. The lowest BCUT2D eigenvalue weighted by molar-refractivity contribution is -0.133. The molecule has 5 nitrogen and oxygen atoms in total. The lowest BCUT2D eigenvalue weighted by atomic mass is 9.93. The molecule has 0 aromatic rings. The van der Waals surface area contributed by atoms with Crippen molar-refractivity contribution in [3.05, 3.63) is 0 Å². The van der Waals surface area contributed by atoms with Gasteiger partial charge >= 0.3 is 6.03 Å². The predicted octanol–water partition coefficient (Wildman–Crippen LogP) is -0.334. The number of nitrogens with one attached hydrogen (secondary N) is 1. The summed E-state index contributed by atoms with van der Waals surface area (Å²) < 4.78 is 0. The van der Waals surface area contributed by atoms with Crippen LogP contribution in [0.2, 0.25) is 0 Å². The average Bonchev–Trinajstić information content (AvgIpc) is 2.09. The Hall–Kier alpha value is -1.26. The highest BCUT2D eigenvalue weighted by atomic mass is 16.2. The van der Waals surface area contributed by atoms with Crippen molar-refractivity contribution in [2.45, 2.75) is 25.8 Å². The van der Waals surface area contributed by atoms with E-state index in [9.17, 15) is 9.59 Å². The molecule has 3 amide bonds. The average molecular weight is 185 g/mol. The Bertz CT molecular complexity index is 242.